The molecule has 0 fully saturated rings. The van der Waals surface area contributed by atoms with E-state index < -0.39 is 0 Å². The largest absolute Gasteiger partial charge is 0.454 e. The third-order valence-corrected chi connectivity index (χ3v) is 8.02. The lowest BCUT2D eigenvalue weighted by Gasteiger charge is -2.19. The fraction of sp³-hybridized carbons (Fsp3) is 0.147. The van der Waals surface area contributed by atoms with E-state index >= 15 is 0 Å². The second-order valence-corrected chi connectivity index (χ2v) is 11.0. The SMILES string of the molecule is CC(C)c1cccc2c1c1ncc(Oc3cncc(N4CN(C)c5ccccc54)c3)cc1c1nc3ccccc3n21. The second kappa shape index (κ2) is 8.93. The van der Waals surface area contributed by atoms with Gasteiger partial charge in [-0.15, -0.1) is 0 Å². The topological polar surface area (TPSA) is 58.8 Å². The number of hydrogen-bond acceptors (Lipinski definition) is 6. The van der Waals surface area contributed by atoms with E-state index in [0.29, 0.717) is 17.4 Å². The number of nitrogens with zero attached hydrogens (tertiary/aromatic N) is 6. The lowest BCUT2D eigenvalue weighted by Crippen LogP contribution is -2.24. The molecule has 0 spiro atoms. The molecule has 8 rings (SSSR count). The Morgan fingerprint density at radius 1 is 0.805 bits per heavy atom. The van der Waals surface area contributed by atoms with Gasteiger partial charge in [0, 0.05) is 23.9 Å². The molecular weight excluding hydrogens is 508 g/mol. The standard InChI is InChI=1S/C34H28N6O/c1-21(2)25-9-8-14-31-32(25)33-26(34-37-27-10-4-5-11-28(27)40(31)34)16-24(19-36-33)41-23-15-22(17-35-18-23)39-20-38(3)29-12-6-7-13-30(29)39/h4-19,21H,20H2,1-3H3. The van der Waals surface area contributed by atoms with Crippen LogP contribution in [0.25, 0.3) is 38.5 Å². The fourth-order valence-corrected chi connectivity index (χ4v) is 6.15. The van der Waals surface area contributed by atoms with Crippen molar-refractivity contribution in [3.05, 3.63) is 103 Å². The minimum Gasteiger partial charge on any atom is -0.454 e. The predicted molar refractivity (Wildman–Crippen MR) is 166 cm³/mol. The molecule has 41 heavy (non-hydrogen) atoms. The number of ether oxygens (including phenoxy) is 1. The van der Waals surface area contributed by atoms with E-state index in [9.17, 15) is 0 Å². The molecule has 0 bridgehead atoms. The van der Waals surface area contributed by atoms with E-state index in [4.69, 9.17) is 14.7 Å². The highest BCUT2D eigenvalue weighted by atomic mass is 16.5. The molecule has 0 saturated carbocycles. The molecule has 0 atom stereocenters. The normalized spacial score (nSPS) is 13.3. The van der Waals surface area contributed by atoms with Crippen molar-refractivity contribution in [3.63, 3.8) is 0 Å². The number of rotatable bonds is 4. The first kappa shape index (κ1) is 23.7. The summed E-state index contributed by atoms with van der Waals surface area (Å²) in [5.74, 6) is 1.64. The Labute approximate surface area is 237 Å². The van der Waals surface area contributed by atoms with Crippen LogP contribution in [0, 0.1) is 0 Å². The Morgan fingerprint density at radius 3 is 2.46 bits per heavy atom. The van der Waals surface area contributed by atoms with Gasteiger partial charge in [-0.25, -0.2) is 4.98 Å². The third-order valence-electron chi connectivity index (χ3n) is 8.02. The third kappa shape index (κ3) is 3.62. The van der Waals surface area contributed by atoms with E-state index in [1.165, 1.54) is 11.3 Å². The summed E-state index contributed by atoms with van der Waals surface area (Å²) in [6, 6.07) is 27.3. The highest BCUT2D eigenvalue weighted by Gasteiger charge is 2.24. The first-order chi connectivity index (χ1) is 20.1. The van der Waals surface area contributed by atoms with Crippen LogP contribution in [0.3, 0.4) is 0 Å². The van der Waals surface area contributed by atoms with Crippen LogP contribution in [0.5, 0.6) is 11.5 Å². The van der Waals surface area contributed by atoms with Crippen molar-refractivity contribution in [2.45, 2.75) is 19.8 Å². The van der Waals surface area contributed by atoms with Crippen molar-refractivity contribution >= 4 is 55.5 Å². The monoisotopic (exact) mass is 536 g/mol. The number of hydrogen-bond donors (Lipinski definition) is 0. The molecule has 0 amide bonds. The highest BCUT2D eigenvalue weighted by molar-refractivity contribution is 6.13. The van der Waals surface area contributed by atoms with Crippen LogP contribution in [0.4, 0.5) is 17.1 Å². The Kier molecular flexibility index (Phi) is 5.16. The molecule has 0 saturated heterocycles. The van der Waals surface area contributed by atoms with Gasteiger partial charge in [0.05, 0.1) is 64.4 Å². The van der Waals surface area contributed by atoms with Gasteiger partial charge in [0.25, 0.3) is 0 Å². The van der Waals surface area contributed by atoms with Gasteiger partial charge in [0.15, 0.2) is 0 Å². The van der Waals surface area contributed by atoms with Crippen LogP contribution < -0.4 is 14.5 Å². The Balaban J connectivity index is 1.28. The van der Waals surface area contributed by atoms with Gasteiger partial charge in [0.2, 0.25) is 0 Å². The van der Waals surface area contributed by atoms with E-state index in [-0.39, 0.29) is 0 Å². The van der Waals surface area contributed by atoms with Gasteiger partial charge in [0.1, 0.15) is 17.1 Å². The van der Waals surface area contributed by atoms with Gasteiger partial charge < -0.3 is 14.5 Å². The highest BCUT2D eigenvalue weighted by Crippen LogP contribution is 2.41. The summed E-state index contributed by atoms with van der Waals surface area (Å²) >= 11 is 0. The van der Waals surface area contributed by atoms with Crippen LogP contribution in [-0.2, 0) is 0 Å². The van der Waals surface area contributed by atoms with Crippen LogP contribution >= 0.6 is 0 Å². The van der Waals surface area contributed by atoms with Crippen LogP contribution in [-0.4, -0.2) is 33.1 Å². The molecule has 4 aromatic heterocycles. The zero-order chi connectivity index (χ0) is 27.7. The van der Waals surface area contributed by atoms with Crippen molar-refractivity contribution in [1.29, 1.82) is 0 Å². The average molecular weight is 537 g/mol. The minimum absolute atomic E-state index is 0.343. The van der Waals surface area contributed by atoms with Crippen molar-refractivity contribution in [2.75, 3.05) is 23.5 Å². The molecule has 7 nitrogen and oxygen atoms in total. The van der Waals surface area contributed by atoms with Gasteiger partial charge in [-0.1, -0.05) is 50.2 Å². The van der Waals surface area contributed by atoms with Gasteiger partial charge in [-0.05, 0) is 47.9 Å². The van der Waals surface area contributed by atoms with Gasteiger partial charge in [-0.2, -0.15) is 0 Å². The van der Waals surface area contributed by atoms with Crippen molar-refractivity contribution in [3.8, 4) is 11.5 Å². The lowest BCUT2D eigenvalue weighted by molar-refractivity contribution is 0.479. The summed E-state index contributed by atoms with van der Waals surface area (Å²) in [4.78, 5) is 19.0. The van der Waals surface area contributed by atoms with E-state index in [2.05, 4.69) is 107 Å². The maximum absolute atomic E-state index is 6.41. The Hall–Kier alpha value is -5.17. The zero-order valence-corrected chi connectivity index (χ0v) is 23.1. The molecule has 7 aromatic rings. The van der Waals surface area contributed by atoms with E-state index in [0.717, 1.165) is 56.5 Å². The summed E-state index contributed by atoms with van der Waals surface area (Å²) in [6.45, 7) is 5.20. The zero-order valence-electron chi connectivity index (χ0n) is 23.1. The average Bonchev–Trinajstić information content (AvgIpc) is 3.56. The van der Waals surface area contributed by atoms with Crippen LogP contribution in [0.15, 0.2) is 97.5 Å². The maximum Gasteiger partial charge on any atom is 0.148 e. The molecule has 0 unspecified atom stereocenters. The second-order valence-electron chi connectivity index (χ2n) is 11.0. The smallest absolute Gasteiger partial charge is 0.148 e. The molecule has 0 radical (unpaired) electrons. The number of fused-ring (bicyclic) bond motifs is 9. The number of pyridine rings is 3. The summed E-state index contributed by atoms with van der Waals surface area (Å²) in [5, 5.41) is 2.11. The molecule has 0 N–H and O–H groups in total. The molecule has 7 heteroatoms. The Morgan fingerprint density at radius 2 is 1.59 bits per heavy atom. The molecule has 5 heterocycles. The van der Waals surface area contributed by atoms with Crippen molar-refractivity contribution in [1.82, 2.24) is 19.4 Å². The molecule has 0 aliphatic carbocycles. The van der Waals surface area contributed by atoms with Gasteiger partial charge >= 0.3 is 0 Å². The van der Waals surface area contributed by atoms with E-state index in [1.807, 2.05) is 24.5 Å². The number of para-hydroxylation sites is 4. The quantitative estimate of drug-likeness (QED) is 0.212. The fourth-order valence-electron chi connectivity index (χ4n) is 6.15. The number of anilines is 3. The van der Waals surface area contributed by atoms with Gasteiger partial charge in [-0.3, -0.25) is 14.4 Å². The number of benzene rings is 3. The molecule has 1 aliphatic heterocycles. The van der Waals surface area contributed by atoms with Crippen molar-refractivity contribution < 1.29 is 4.74 Å². The molecular formula is C34H28N6O. The number of imidazole rings is 1. The molecule has 3 aromatic carbocycles. The minimum atomic E-state index is 0.343. The Bertz CT molecular complexity index is 2130. The number of aromatic nitrogens is 4. The van der Waals surface area contributed by atoms with E-state index in [1.54, 1.807) is 6.20 Å². The first-order valence-corrected chi connectivity index (χ1v) is 13.9. The van der Waals surface area contributed by atoms with Crippen molar-refractivity contribution in [2.24, 2.45) is 0 Å². The summed E-state index contributed by atoms with van der Waals surface area (Å²) in [6.07, 6.45) is 5.43. The summed E-state index contributed by atoms with van der Waals surface area (Å²) < 4.78 is 8.67. The summed E-state index contributed by atoms with van der Waals surface area (Å²) in [7, 11) is 2.10. The maximum atomic E-state index is 6.41. The van der Waals surface area contributed by atoms with Crippen LogP contribution in [0.2, 0.25) is 0 Å². The first-order valence-electron chi connectivity index (χ1n) is 13.9. The van der Waals surface area contributed by atoms with Crippen LogP contribution in [0.1, 0.15) is 25.3 Å². The lowest BCUT2D eigenvalue weighted by atomic mass is 9.96. The molecule has 200 valence electrons. The predicted octanol–water partition coefficient (Wildman–Crippen LogP) is 8.05. The summed E-state index contributed by atoms with van der Waals surface area (Å²) in [5.41, 5.74) is 9.54. The molecule has 1 aliphatic rings.